The van der Waals surface area contributed by atoms with Crippen LogP contribution < -0.4 is 14.8 Å². The minimum Gasteiger partial charge on any atom is -0.493 e. The van der Waals surface area contributed by atoms with Gasteiger partial charge in [0, 0.05) is 6.54 Å². The summed E-state index contributed by atoms with van der Waals surface area (Å²) in [5.74, 6) is 1.49. The van der Waals surface area contributed by atoms with Crippen LogP contribution >= 0.6 is 15.9 Å². The Bertz CT molecular complexity index is 587. The van der Waals surface area contributed by atoms with Crippen molar-refractivity contribution in [2.75, 3.05) is 13.7 Å². The second-order valence-corrected chi connectivity index (χ2v) is 5.81. The number of nitrogens with one attached hydrogen (secondary N) is 1. The van der Waals surface area contributed by atoms with Crippen LogP contribution in [0.4, 0.5) is 0 Å². The molecule has 2 aromatic carbocycles. The van der Waals surface area contributed by atoms with Gasteiger partial charge in [0.25, 0.3) is 0 Å². The minimum absolute atomic E-state index is 0.516. The molecule has 0 amide bonds. The summed E-state index contributed by atoms with van der Waals surface area (Å²) in [6.07, 6.45) is 1.12. The quantitative estimate of drug-likeness (QED) is 0.698. The van der Waals surface area contributed by atoms with Crippen molar-refractivity contribution >= 4 is 15.9 Å². The molecule has 0 spiro atoms. The van der Waals surface area contributed by atoms with E-state index >= 15 is 0 Å². The number of hydrogen-bond donors (Lipinski definition) is 1. The third-order valence-electron chi connectivity index (χ3n) is 3.33. The van der Waals surface area contributed by atoms with Gasteiger partial charge in [-0.3, -0.25) is 0 Å². The van der Waals surface area contributed by atoms with E-state index in [0.717, 1.165) is 46.6 Å². The van der Waals surface area contributed by atoms with Gasteiger partial charge in [-0.2, -0.15) is 0 Å². The van der Waals surface area contributed by atoms with E-state index in [9.17, 15) is 0 Å². The molecule has 0 unspecified atom stereocenters. The molecule has 4 heteroatoms. The first kappa shape index (κ1) is 16.8. The van der Waals surface area contributed by atoms with Crippen molar-refractivity contribution in [1.29, 1.82) is 0 Å². The highest BCUT2D eigenvalue weighted by atomic mass is 79.9. The van der Waals surface area contributed by atoms with E-state index in [4.69, 9.17) is 9.47 Å². The van der Waals surface area contributed by atoms with E-state index in [1.807, 2.05) is 36.4 Å². The molecule has 0 bridgehead atoms. The molecule has 3 nitrogen and oxygen atoms in total. The van der Waals surface area contributed by atoms with Gasteiger partial charge >= 0.3 is 0 Å². The molecule has 0 aliphatic rings. The molecule has 2 aromatic rings. The summed E-state index contributed by atoms with van der Waals surface area (Å²) in [6, 6.07) is 14.1. The van der Waals surface area contributed by atoms with Gasteiger partial charge in [0.2, 0.25) is 0 Å². The molecule has 0 saturated heterocycles. The van der Waals surface area contributed by atoms with Crippen molar-refractivity contribution in [2.45, 2.75) is 26.5 Å². The zero-order valence-corrected chi connectivity index (χ0v) is 14.7. The van der Waals surface area contributed by atoms with E-state index in [1.54, 1.807) is 7.11 Å². The second kappa shape index (κ2) is 8.81. The van der Waals surface area contributed by atoms with Crippen LogP contribution in [0.1, 0.15) is 24.5 Å². The normalized spacial score (nSPS) is 10.5. The van der Waals surface area contributed by atoms with Gasteiger partial charge in [-0.15, -0.1) is 0 Å². The lowest BCUT2D eigenvalue weighted by Gasteiger charge is -2.15. The average Bonchev–Trinajstić information content (AvgIpc) is 2.56. The molecule has 0 radical (unpaired) electrons. The third-order valence-corrected chi connectivity index (χ3v) is 4.20. The van der Waals surface area contributed by atoms with Crippen LogP contribution in [0.5, 0.6) is 11.5 Å². The van der Waals surface area contributed by atoms with E-state index in [-0.39, 0.29) is 0 Å². The number of rotatable bonds is 8. The van der Waals surface area contributed by atoms with E-state index in [1.165, 1.54) is 0 Å². The zero-order valence-electron chi connectivity index (χ0n) is 13.1. The molecule has 0 atom stereocenters. The SMILES string of the molecule is CCCNCc1ccc(OC)c(OCc2ccccc2)c1Br. The topological polar surface area (TPSA) is 30.5 Å². The van der Waals surface area contributed by atoms with Crippen LogP contribution in [0.2, 0.25) is 0 Å². The zero-order chi connectivity index (χ0) is 15.8. The Morgan fingerprint density at radius 3 is 2.55 bits per heavy atom. The Kier molecular flexibility index (Phi) is 6.74. The summed E-state index contributed by atoms with van der Waals surface area (Å²) in [5, 5.41) is 3.40. The largest absolute Gasteiger partial charge is 0.493 e. The summed E-state index contributed by atoms with van der Waals surface area (Å²) in [7, 11) is 1.66. The Morgan fingerprint density at radius 2 is 1.86 bits per heavy atom. The highest BCUT2D eigenvalue weighted by Crippen LogP contribution is 2.38. The molecule has 0 aliphatic carbocycles. The second-order valence-electron chi connectivity index (χ2n) is 5.02. The molecule has 0 aliphatic heterocycles. The van der Waals surface area contributed by atoms with Gasteiger partial charge in [-0.05, 0) is 46.1 Å². The monoisotopic (exact) mass is 363 g/mol. The molecule has 0 heterocycles. The first-order valence-electron chi connectivity index (χ1n) is 7.49. The lowest BCUT2D eigenvalue weighted by Crippen LogP contribution is -2.14. The Morgan fingerprint density at radius 1 is 1.09 bits per heavy atom. The Hall–Kier alpha value is -1.52. The van der Waals surface area contributed by atoms with Crippen LogP contribution in [-0.2, 0) is 13.2 Å². The smallest absolute Gasteiger partial charge is 0.176 e. The molecule has 0 fully saturated rings. The minimum atomic E-state index is 0.516. The summed E-state index contributed by atoms with van der Waals surface area (Å²) < 4.78 is 12.4. The first-order chi connectivity index (χ1) is 10.8. The van der Waals surface area contributed by atoms with Crippen LogP contribution in [0.25, 0.3) is 0 Å². The van der Waals surface area contributed by atoms with Gasteiger partial charge in [-0.25, -0.2) is 0 Å². The third kappa shape index (κ3) is 4.49. The van der Waals surface area contributed by atoms with Crippen molar-refractivity contribution in [3.63, 3.8) is 0 Å². The van der Waals surface area contributed by atoms with Crippen molar-refractivity contribution in [2.24, 2.45) is 0 Å². The summed E-state index contributed by atoms with van der Waals surface area (Å²) in [4.78, 5) is 0. The molecular weight excluding hydrogens is 342 g/mol. The van der Waals surface area contributed by atoms with Crippen molar-refractivity contribution < 1.29 is 9.47 Å². The maximum Gasteiger partial charge on any atom is 0.176 e. The number of halogens is 1. The van der Waals surface area contributed by atoms with Crippen molar-refractivity contribution in [3.8, 4) is 11.5 Å². The van der Waals surface area contributed by atoms with E-state index in [2.05, 4.69) is 34.2 Å². The maximum atomic E-state index is 5.99. The van der Waals surface area contributed by atoms with Gasteiger partial charge < -0.3 is 14.8 Å². The van der Waals surface area contributed by atoms with Gasteiger partial charge in [0.15, 0.2) is 11.5 Å². The Labute approximate surface area is 140 Å². The highest BCUT2D eigenvalue weighted by Gasteiger charge is 2.13. The fourth-order valence-corrected chi connectivity index (χ4v) is 2.72. The number of ether oxygens (including phenoxy) is 2. The van der Waals surface area contributed by atoms with Crippen LogP contribution in [-0.4, -0.2) is 13.7 Å². The lowest BCUT2D eigenvalue weighted by molar-refractivity contribution is 0.282. The fraction of sp³-hybridized carbons (Fsp3) is 0.333. The summed E-state index contributed by atoms with van der Waals surface area (Å²) in [6.45, 7) is 4.48. The molecule has 2 rings (SSSR count). The fourth-order valence-electron chi connectivity index (χ4n) is 2.14. The number of methoxy groups -OCH3 is 1. The number of benzene rings is 2. The molecule has 0 aromatic heterocycles. The van der Waals surface area contributed by atoms with Gasteiger partial charge in [-0.1, -0.05) is 43.3 Å². The van der Waals surface area contributed by atoms with Gasteiger partial charge in [0.05, 0.1) is 11.6 Å². The van der Waals surface area contributed by atoms with Gasteiger partial charge in [0.1, 0.15) is 6.61 Å². The predicted molar refractivity (Wildman–Crippen MR) is 93.5 cm³/mol. The molecule has 22 heavy (non-hydrogen) atoms. The first-order valence-corrected chi connectivity index (χ1v) is 8.28. The number of hydrogen-bond acceptors (Lipinski definition) is 3. The standard InChI is InChI=1S/C18H22BrNO2/c1-3-11-20-12-15-9-10-16(21-2)18(17(15)19)22-13-14-7-5-4-6-8-14/h4-10,20H,3,11-13H2,1-2H3. The molecule has 118 valence electrons. The van der Waals surface area contributed by atoms with Crippen molar-refractivity contribution in [3.05, 3.63) is 58.1 Å². The Balaban J connectivity index is 2.14. The molecular formula is C18H22BrNO2. The summed E-state index contributed by atoms with van der Waals surface area (Å²) in [5.41, 5.74) is 2.29. The molecule has 0 saturated carbocycles. The van der Waals surface area contributed by atoms with Crippen molar-refractivity contribution in [1.82, 2.24) is 5.32 Å². The van der Waals surface area contributed by atoms with E-state index < -0.39 is 0 Å². The van der Waals surface area contributed by atoms with E-state index in [0.29, 0.717) is 6.61 Å². The average molecular weight is 364 g/mol. The van der Waals surface area contributed by atoms with Crippen LogP contribution in [0.3, 0.4) is 0 Å². The predicted octanol–water partition coefficient (Wildman–Crippen LogP) is 4.54. The molecule has 1 N–H and O–H groups in total. The highest BCUT2D eigenvalue weighted by molar-refractivity contribution is 9.10. The maximum absolute atomic E-state index is 5.99. The van der Waals surface area contributed by atoms with Crippen LogP contribution in [0.15, 0.2) is 46.9 Å². The summed E-state index contributed by atoms with van der Waals surface area (Å²) >= 11 is 3.65. The van der Waals surface area contributed by atoms with Crippen LogP contribution in [0, 0.1) is 0 Å². The lowest BCUT2D eigenvalue weighted by atomic mass is 10.2.